The lowest BCUT2D eigenvalue weighted by atomic mass is 9.42. The number of rotatable bonds is 8. The van der Waals surface area contributed by atoms with Crippen LogP contribution < -0.4 is 0 Å². The van der Waals surface area contributed by atoms with Gasteiger partial charge in [0.25, 0.3) is 0 Å². The van der Waals surface area contributed by atoms with Crippen LogP contribution in [0.15, 0.2) is 0 Å². The van der Waals surface area contributed by atoms with Crippen LogP contribution in [-0.2, 0) is 28.5 Å². The highest BCUT2D eigenvalue weighted by Crippen LogP contribution is 2.67. The maximum Gasteiger partial charge on any atom is 0.314 e. The summed E-state index contributed by atoms with van der Waals surface area (Å²) in [6.07, 6.45) is 1.64. The highest BCUT2D eigenvalue weighted by molar-refractivity contribution is 5.83. The number of aliphatic hydroxyl groups is 1. The molecule has 1 N–H and O–H groups in total. The molecule has 0 aromatic heterocycles. The minimum atomic E-state index is -1.03. The molecule has 27 heavy (non-hydrogen) atoms. The van der Waals surface area contributed by atoms with E-state index in [-0.39, 0.29) is 17.9 Å². The number of esters is 2. The van der Waals surface area contributed by atoms with Gasteiger partial charge in [0.05, 0.1) is 16.4 Å². The average molecular weight is 384 g/mol. The summed E-state index contributed by atoms with van der Waals surface area (Å²) in [7, 11) is 0. The van der Waals surface area contributed by atoms with Crippen molar-refractivity contribution in [1.29, 1.82) is 0 Å². The molecular weight excluding hydrogens is 352 g/mol. The van der Waals surface area contributed by atoms with E-state index in [4.69, 9.17) is 18.9 Å². The van der Waals surface area contributed by atoms with E-state index in [1.807, 2.05) is 13.8 Å². The molecule has 0 heterocycles. The van der Waals surface area contributed by atoms with E-state index >= 15 is 0 Å². The molecule has 0 aliphatic heterocycles. The van der Waals surface area contributed by atoms with Gasteiger partial charge in [-0.15, -0.1) is 0 Å². The molecular formula is C20H32O7. The Bertz CT molecular complexity index is 547. The molecule has 4 fully saturated rings. The lowest BCUT2D eigenvalue weighted by Gasteiger charge is -2.62. The normalized spacial score (nSPS) is 39.1. The van der Waals surface area contributed by atoms with Crippen molar-refractivity contribution in [2.75, 3.05) is 13.2 Å². The zero-order chi connectivity index (χ0) is 19.9. The smallest absolute Gasteiger partial charge is 0.314 e. The summed E-state index contributed by atoms with van der Waals surface area (Å²) in [5.41, 5.74) is -2.73. The number of ether oxygens (including phenoxy) is 4. The Kier molecular flexibility index (Phi) is 5.58. The topological polar surface area (TPSA) is 91.3 Å². The first kappa shape index (κ1) is 20.6. The summed E-state index contributed by atoms with van der Waals surface area (Å²) < 4.78 is 21.7. The fourth-order valence-corrected chi connectivity index (χ4v) is 5.93. The number of carbonyl (C=O) groups is 2. The number of carbonyl (C=O) groups excluding carboxylic acids is 2. The third-order valence-corrected chi connectivity index (χ3v) is 6.25. The van der Waals surface area contributed by atoms with Crippen molar-refractivity contribution in [3.63, 3.8) is 0 Å². The summed E-state index contributed by atoms with van der Waals surface area (Å²) in [5, 5.41) is 11.1. The van der Waals surface area contributed by atoms with Gasteiger partial charge in [0.15, 0.2) is 12.6 Å². The molecule has 7 nitrogen and oxygen atoms in total. The Hall–Kier alpha value is -1.18. The lowest BCUT2D eigenvalue weighted by Crippen LogP contribution is -2.65. The van der Waals surface area contributed by atoms with E-state index in [2.05, 4.69) is 0 Å². The Morgan fingerprint density at radius 2 is 1.33 bits per heavy atom. The Balaban J connectivity index is 1.82. The van der Waals surface area contributed by atoms with Gasteiger partial charge in [0, 0.05) is 13.2 Å². The maximum absolute atomic E-state index is 13.0. The molecule has 4 aliphatic rings. The molecule has 0 aromatic rings. The monoisotopic (exact) mass is 384 g/mol. The third-order valence-electron chi connectivity index (χ3n) is 6.25. The van der Waals surface area contributed by atoms with E-state index in [1.54, 1.807) is 13.8 Å². The molecule has 4 unspecified atom stereocenters. The second-order valence-corrected chi connectivity index (χ2v) is 8.65. The van der Waals surface area contributed by atoms with Crippen LogP contribution in [0.2, 0.25) is 0 Å². The first-order valence-electron chi connectivity index (χ1n) is 10.0. The van der Waals surface area contributed by atoms with Crippen molar-refractivity contribution in [1.82, 2.24) is 0 Å². The van der Waals surface area contributed by atoms with Crippen LogP contribution in [0.4, 0.5) is 0 Å². The predicted octanol–water partition coefficient (Wildman–Crippen LogP) is 2.54. The van der Waals surface area contributed by atoms with Crippen LogP contribution in [-0.4, -0.2) is 48.4 Å². The van der Waals surface area contributed by atoms with Crippen LogP contribution in [0.3, 0.4) is 0 Å². The van der Waals surface area contributed by atoms with Crippen LogP contribution in [0, 0.1) is 16.7 Å². The fourth-order valence-electron chi connectivity index (χ4n) is 5.93. The molecule has 0 spiro atoms. The van der Waals surface area contributed by atoms with Gasteiger partial charge in [-0.1, -0.05) is 0 Å². The Labute approximate surface area is 160 Å². The van der Waals surface area contributed by atoms with Gasteiger partial charge in [-0.05, 0) is 72.1 Å². The molecule has 0 amide bonds. The Morgan fingerprint density at radius 3 is 1.70 bits per heavy atom. The largest absolute Gasteiger partial charge is 0.436 e. The van der Waals surface area contributed by atoms with Crippen LogP contribution in [0.1, 0.15) is 66.2 Å². The highest BCUT2D eigenvalue weighted by atomic mass is 16.7. The molecule has 0 aromatic carbocycles. The minimum Gasteiger partial charge on any atom is -0.436 e. The molecule has 4 atom stereocenters. The molecule has 4 aliphatic carbocycles. The number of hydrogen-bond acceptors (Lipinski definition) is 7. The van der Waals surface area contributed by atoms with Gasteiger partial charge >= 0.3 is 11.9 Å². The zero-order valence-corrected chi connectivity index (χ0v) is 16.8. The van der Waals surface area contributed by atoms with Crippen molar-refractivity contribution in [3.8, 4) is 0 Å². The summed E-state index contributed by atoms with van der Waals surface area (Å²) in [6.45, 7) is 7.93. The summed E-state index contributed by atoms with van der Waals surface area (Å²) in [6, 6.07) is 0. The molecule has 4 saturated carbocycles. The molecule has 154 valence electrons. The number of hydrogen-bond donors (Lipinski definition) is 1. The fraction of sp³-hybridized carbons (Fsp3) is 0.900. The van der Waals surface area contributed by atoms with Gasteiger partial charge < -0.3 is 24.1 Å². The van der Waals surface area contributed by atoms with Crippen molar-refractivity contribution >= 4 is 11.9 Å². The zero-order valence-electron chi connectivity index (χ0n) is 16.8. The first-order chi connectivity index (χ1) is 12.7. The van der Waals surface area contributed by atoms with E-state index in [0.717, 1.165) is 0 Å². The van der Waals surface area contributed by atoms with Crippen molar-refractivity contribution < 1.29 is 33.6 Å². The van der Waals surface area contributed by atoms with Gasteiger partial charge in [-0.3, -0.25) is 9.59 Å². The highest BCUT2D eigenvalue weighted by Gasteiger charge is 2.69. The lowest BCUT2D eigenvalue weighted by molar-refractivity contribution is -0.241. The van der Waals surface area contributed by atoms with Gasteiger partial charge in [-0.2, -0.15) is 0 Å². The van der Waals surface area contributed by atoms with E-state index in [1.165, 1.54) is 0 Å². The second-order valence-electron chi connectivity index (χ2n) is 8.65. The predicted molar refractivity (Wildman–Crippen MR) is 95.4 cm³/mol. The molecule has 0 radical (unpaired) electrons. The molecule has 0 saturated heterocycles. The quantitative estimate of drug-likeness (QED) is 0.508. The molecule has 7 heteroatoms. The summed E-state index contributed by atoms with van der Waals surface area (Å²) in [4.78, 5) is 26.0. The minimum absolute atomic E-state index is 0.108. The van der Waals surface area contributed by atoms with E-state index in [0.29, 0.717) is 51.7 Å². The van der Waals surface area contributed by atoms with Crippen molar-refractivity contribution in [3.05, 3.63) is 0 Å². The van der Waals surface area contributed by atoms with Crippen molar-refractivity contribution in [2.24, 2.45) is 16.7 Å². The standard InChI is InChI=1S/C20H32O7/c1-5-24-13(3)26-16(21)18-7-15-8-19(10-18,12-20(23,9-15)11-18)17(22)27-14(4)25-6-2/h13-15,23H,5-12H2,1-4H3. The Morgan fingerprint density at radius 1 is 0.889 bits per heavy atom. The molecule has 4 bridgehead atoms. The van der Waals surface area contributed by atoms with E-state index in [9.17, 15) is 14.7 Å². The maximum atomic E-state index is 13.0. The van der Waals surface area contributed by atoms with Gasteiger partial charge in [-0.25, -0.2) is 0 Å². The van der Waals surface area contributed by atoms with E-state index < -0.39 is 29.0 Å². The SMILES string of the molecule is CCOC(C)OC(=O)C12CC3CC(O)(C1)CC(C(=O)OC(C)OCC)(C3)C2. The second kappa shape index (κ2) is 7.33. The average Bonchev–Trinajstić information content (AvgIpc) is 2.52. The molecule has 4 rings (SSSR count). The van der Waals surface area contributed by atoms with Crippen LogP contribution in [0.5, 0.6) is 0 Å². The summed E-state index contributed by atoms with van der Waals surface area (Å²) in [5.74, 6) is -0.641. The summed E-state index contributed by atoms with van der Waals surface area (Å²) >= 11 is 0. The van der Waals surface area contributed by atoms with Crippen LogP contribution in [0.25, 0.3) is 0 Å². The van der Waals surface area contributed by atoms with Gasteiger partial charge in [0.1, 0.15) is 0 Å². The third kappa shape index (κ3) is 3.87. The van der Waals surface area contributed by atoms with Gasteiger partial charge in [0.2, 0.25) is 0 Å². The van der Waals surface area contributed by atoms with Crippen LogP contribution >= 0.6 is 0 Å². The first-order valence-corrected chi connectivity index (χ1v) is 10.0. The van der Waals surface area contributed by atoms with Crippen molar-refractivity contribution in [2.45, 2.75) is 84.4 Å².